The maximum atomic E-state index is 12.5. The number of carbonyl (C=O) groups is 1. The zero-order valence-corrected chi connectivity index (χ0v) is 16.5. The zero-order valence-electron chi connectivity index (χ0n) is 16.5. The number of nitrogens with one attached hydrogen (secondary N) is 1. The van der Waals surface area contributed by atoms with Crippen LogP contribution in [0.15, 0.2) is 36.4 Å². The van der Waals surface area contributed by atoms with Crippen molar-refractivity contribution >= 4 is 5.91 Å². The summed E-state index contributed by atoms with van der Waals surface area (Å²) in [7, 11) is 4.66. The standard InChI is InChI=1S/C21H27NO5/c1-6-15-9-7-8-10-17(15)27-14(2)21(23)22-13-16-11-12-18(24-3)20(26-5)19(16)25-4/h7-12,14H,6,13H2,1-5H3,(H,22,23)/t14-/m1/s1. The van der Waals surface area contributed by atoms with Crippen molar-refractivity contribution in [3.63, 3.8) is 0 Å². The predicted octanol–water partition coefficient (Wildman–Crippen LogP) is 3.36. The Kier molecular flexibility index (Phi) is 7.34. The van der Waals surface area contributed by atoms with Crippen LogP contribution < -0.4 is 24.3 Å². The van der Waals surface area contributed by atoms with Crippen molar-refractivity contribution in [3.05, 3.63) is 47.5 Å². The largest absolute Gasteiger partial charge is 0.493 e. The Morgan fingerprint density at radius 3 is 2.26 bits per heavy atom. The maximum Gasteiger partial charge on any atom is 0.261 e. The van der Waals surface area contributed by atoms with E-state index < -0.39 is 6.10 Å². The van der Waals surface area contributed by atoms with Crippen LogP contribution in [0.25, 0.3) is 0 Å². The van der Waals surface area contributed by atoms with E-state index in [4.69, 9.17) is 18.9 Å². The van der Waals surface area contributed by atoms with E-state index in [1.807, 2.05) is 30.3 Å². The summed E-state index contributed by atoms with van der Waals surface area (Å²) in [4.78, 5) is 12.5. The van der Waals surface area contributed by atoms with Crippen LogP contribution in [0.3, 0.4) is 0 Å². The first-order chi connectivity index (χ1) is 13.0. The van der Waals surface area contributed by atoms with Crippen LogP contribution in [0, 0.1) is 0 Å². The molecule has 0 unspecified atom stereocenters. The molecule has 6 heteroatoms. The van der Waals surface area contributed by atoms with E-state index in [1.165, 1.54) is 0 Å². The van der Waals surface area contributed by atoms with Gasteiger partial charge in [0.2, 0.25) is 5.75 Å². The molecule has 1 N–H and O–H groups in total. The molecule has 27 heavy (non-hydrogen) atoms. The van der Waals surface area contributed by atoms with Crippen molar-refractivity contribution in [2.45, 2.75) is 32.9 Å². The molecule has 2 aromatic carbocycles. The molecule has 0 radical (unpaired) electrons. The SMILES string of the molecule is CCc1ccccc1O[C@H](C)C(=O)NCc1ccc(OC)c(OC)c1OC. The van der Waals surface area contributed by atoms with E-state index in [2.05, 4.69) is 12.2 Å². The lowest BCUT2D eigenvalue weighted by molar-refractivity contribution is -0.127. The van der Waals surface area contributed by atoms with Crippen LogP contribution in [0.1, 0.15) is 25.0 Å². The number of para-hydroxylation sites is 1. The van der Waals surface area contributed by atoms with E-state index in [1.54, 1.807) is 34.3 Å². The lowest BCUT2D eigenvalue weighted by atomic mass is 10.1. The minimum Gasteiger partial charge on any atom is -0.493 e. The fourth-order valence-corrected chi connectivity index (χ4v) is 2.78. The smallest absolute Gasteiger partial charge is 0.261 e. The molecule has 0 saturated carbocycles. The van der Waals surface area contributed by atoms with Gasteiger partial charge in [0.05, 0.1) is 21.3 Å². The van der Waals surface area contributed by atoms with Crippen molar-refractivity contribution < 1.29 is 23.7 Å². The lowest BCUT2D eigenvalue weighted by Crippen LogP contribution is -2.36. The van der Waals surface area contributed by atoms with Gasteiger partial charge >= 0.3 is 0 Å². The van der Waals surface area contributed by atoms with Crippen molar-refractivity contribution in [3.8, 4) is 23.0 Å². The summed E-state index contributed by atoms with van der Waals surface area (Å²) in [5, 5.41) is 2.88. The van der Waals surface area contributed by atoms with Gasteiger partial charge in [0, 0.05) is 12.1 Å². The van der Waals surface area contributed by atoms with Gasteiger partial charge in [0.15, 0.2) is 17.6 Å². The number of amides is 1. The fraction of sp³-hybridized carbons (Fsp3) is 0.381. The highest BCUT2D eigenvalue weighted by atomic mass is 16.5. The Balaban J connectivity index is 2.06. The summed E-state index contributed by atoms with van der Waals surface area (Å²) in [5.74, 6) is 2.11. The van der Waals surface area contributed by atoms with Crippen molar-refractivity contribution in [2.24, 2.45) is 0 Å². The number of rotatable bonds is 9. The van der Waals surface area contributed by atoms with Gasteiger partial charge in [-0.2, -0.15) is 0 Å². The molecule has 0 heterocycles. The number of aryl methyl sites for hydroxylation is 1. The zero-order chi connectivity index (χ0) is 19.8. The second-order valence-electron chi connectivity index (χ2n) is 5.93. The fourth-order valence-electron chi connectivity index (χ4n) is 2.78. The Hall–Kier alpha value is -2.89. The summed E-state index contributed by atoms with van der Waals surface area (Å²) in [6.07, 6.45) is 0.219. The molecule has 2 rings (SSSR count). The first kappa shape index (κ1) is 20.4. The van der Waals surface area contributed by atoms with Gasteiger partial charge in [-0.05, 0) is 37.1 Å². The molecular weight excluding hydrogens is 346 g/mol. The molecule has 0 aliphatic heterocycles. The maximum absolute atomic E-state index is 12.5. The summed E-state index contributed by atoms with van der Waals surface area (Å²) in [5.41, 5.74) is 1.85. The summed E-state index contributed by atoms with van der Waals surface area (Å²) >= 11 is 0. The van der Waals surface area contributed by atoms with Gasteiger partial charge < -0.3 is 24.3 Å². The Morgan fingerprint density at radius 2 is 1.63 bits per heavy atom. The van der Waals surface area contributed by atoms with E-state index in [9.17, 15) is 4.79 Å². The third kappa shape index (κ3) is 4.84. The molecule has 0 spiro atoms. The van der Waals surface area contributed by atoms with E-state index in [0.29, 0.717) is 17.2 Å². The molecule has 0 fully saturated rings. The number of carbonyl (C=O) groups excluding carboxylic acids is 1. The second kappa shape index (κ2) is 9.71. The van der Waals surface area contributed by atoms with Crippen LogP contribution in [0.2, 0.25) is 0 Å². The minimum atomic E-state index is -0.621. The van der Waals surface area contributed by atoms with Crippen LogP contribution in [-0.2, 0) is 17.8 Å². The highest BCUT2D eigenvalue weighted by Crippen LogP contribution is 2.39. The van der Waals surface area contributed by atoms with Crippen molar-refractivity contribution in [1.82, 2.24) is 5.32 Å². The van der Waals surface area contributed by atoms with Crippen molar-refractivity contribution in [1.29, 1.82) is 0 Å². The Labute approximate surface area is 160 Å². The van der Waals surface area contributed by atoms with Crippen molar-refractivity contribution in [2.75, 3.05) is 21.3 Å². The van der Waals surface area contributed by atoms with E-state index in [-0.39, 0.29) is 12.5 Å². The van der Waals surface area contributed by atoms with Crippen LogP contribution >= 0.6 is 0 Å². The molecule has 0 aliphatic rings. The average Bonchev–Trinajstić information content (AvgIpc) is 2.71. The van der Waals surface area contributed by atoms with Crippen LogP contribution in [0.5, 0.6) is 23.0 Å². The molecule has 0 bridgehead atoms. The normalized spacial score (nSPS) is 11.4. The third-order valence-electron chi connectivity index (χ3n) is 4.27. The third-order valence-corrected chi connectivity index (χ3v) is 4.27. The first-order valence-corrected chi connectivity index (χ1v) is 8.85. The second-order valence-corrected chi connectivity index (χ2v) is 5.93. The highest BCUT2D eigenvalue weighted by molar-refractivity contribution is 5.80. The summed E-state index contributed by atoms with van der Waals surface area (Å²) < 4.78 is 21.9. The minimum absolute atomic E-state index is 0.210. The number of methoxy groups -OCH3 is 3. The van der Waals surface area contributed by atoms with Crippen LogP contribution in [-0.4, -0.2) is 33.3 Å². The molecular formula is C21H27NO5. The topological polar surface area (TPSA) is 66.0 Å². The van der Waals surface area contributed by atoms with Gasteiger partial charge in [-0.25, -0.2) is 0 Å². The van der Waals surface area contributed by atoms with E-state index >= 15 is 0 Å². The molecule has 0 aliphatic carbocycles. The first-order valence-electron chi connectivity index (χ1n) is 8.85. The van der Waals surface area contributed by atoms with Gasteiger partial charge in [0.25, 0.3) is 5.91 Å². The Bertz CT molecular complexity index is 775. The molecule has 146 valence electrons. The average molecular weight is 373 g/mol. The predicted molar refractivity (Wildman–Crippen MR) is 104 cm³/mol. The highest BCUT2D eigenvalue weighted by Gasteiger charge is 2.19. The number of benzene rings is 2. The van der Waals surface area contributed by atoms with E-state index in [0.717, 1.165) is 23.3 Å². The summed E-state index contributed by atoms with van der Waals surface area (Å²) in [6.45, 7) is 4.06. The monoisotopic (exact) mass is 373 g/mol. The van der Waals surface area contributed by atoms with Crippen LogP contribution in [0.4, 0.5) is 0 Å². The number of hydrogen-bond donors (Lipinski definition) is 1. The lowest BCUT2D eigenvalue weighted by Gasteiger charge is -2.18. The summed E-state index contributed by atoms with van der Waals surface area (Å²) in [6, 6.07) is 11.3. The molecule has 2 aromatic rings. The van der Waals surface area contributed by atoms with Gasteiger partial charge in [0.1, 0.15) is 5.75 Å². The molecule has 0 aromatic heterocycles. The molecule has 0 saturated heterocycles. The Morgan fingerprint density at radius 1 is 0.926 bits per heavy atom. The van der Waals surface area contributed by atoms with Gasteiger partial charge in [-0.15, -0.1) is 0 Å². The molecule has 1 amide bonds. The number of ether oxygens (including phenoxy) is 4. The van der Waals surface area contributed by atoms with Gasteiger partial charge in [-0.3, -0.25) is 4.79 Å². The number of hydrogen-bond acceptors (Lipinski definition) is 5. The molecule has 1 atom stereocenters. The van der Waals surface area contributed by atoms with Gasteiger partial charge in [-0.1, -0.05) is 25.1 Å². The molecule has 6 nitrogen and oxygen atoms in total. The quantitative estimate of drug-likeness (QED) is 0.730.